The maximum atomic E-state index is 12.9. The Morgan fingerprint density at radius 3 is 2.54 bits per heavy atom. The van der Waals surface area contributed by atoms with Crippen LogP contribution in [0.4, 0.5) is 4.39 Å². The van der Waals surface area contributed by atoms with E-state index < -0.39 is 0 Å². The summed E-state index contributed by atoms with van der Waals surface area (Å²) in [4.78, 5) is 17.1. The summed E-state index contributed by atoms with van der Waals surface area (Å²) >= 11 is 0. The van der Waals surface area contributed by atoms with Crippen LogP contribution in [0.25, 0.3) is 0 Å². The minimum atomic E-state index is -0.299. The molecule has 0 spiro atoms. The lowest BCUT2D eigenvalue weighted by Gasteiger charge is -2.36. The SMILES string of the molecule is O=C(COc1ccc(F)cc1)N1CCCC[C@@H]1CCN1CCCC1. The van der Waals surface area contributed by atoms with Gasteiger partial charge in [0.25, 0.3) is 5.91 Å². The van der Waals surface area contributed by atoms with Crippen molar-refractivity contribution in [2.45, 2.75) is 44.6 Å². The van der Waals surface area contributed by atoms with E-state index in [9.17, 15) is 9.18 Å². The average Bonchev–Trinajstić information content (AvgIpc) is 3.13. The fraction of sp³-hybridized carbons (Fsp3) is 0.632. The Morgan fingerprint density at radius 2 is 1.79 bits per heavy atom. The van der Waals surface area contributed by atoms with Gasteiger partial charge in [0.2, 0.25) is 0 Å². The molecule has 0 radical (unpaired) electrons. The predicted molar refractivity (Wildman–Crippen MR) is 91.5 cm³/mol. The third kappa shape index (κ3) is 4.69. The largest absolute Gasteiger partial charge is 0.484 e. The number of nitrogens with zero attached hydrogens (tertiary/aromatic N) is 2. The first-order valence-electron chi connectivity index (χ1n) is 9.12. The molecule has 24 heavy (non-hydrogen) atoms. The zero-order valence-corrected chi connectivity index (χ0v) is 14.3. The Balaban J connectivity index is 1.49. The Kier molecular flexibility index (Phi) is 6.07. The van der Waals surface area contributed by atoms with Gasteiger partial charge in [0.1, 0.15) is 11.6 Å². The number of ether oxygens (including phenoxy) is 1. The van der Waals surface area contributed by atoms with Gasteiger partial charge in [-0.1, -0.05) is 0 Å². The third-order valence-electron chi connectivity index (χ3n) is 5.10. The van der Waals surface area contributed by atoms with E-state index >= 15 is 0 Å². The molecule has 0 N–H and O–H groups in total. The van der Waals surface area contributed by atoms with Crippen molar-refractivity contribution < 1.29 is 13.9 Å². The van der Waals surface area contributed by atoms with E-state index in [1.165, 1.54) is 44.5 Å². The number of hydrogen-bond acceptors (Lipinski definition) is 3. The highest BCUT2D eigenvalue weighted by Crippen LogP contribution is 2.21. The lowest BCUT2D eigenvalue weighted by Crippen LogP contribution is -2.47. The van der Waals surface area contributed by atoms with Gasteiger partial charge in [-0.25, -0.2) is 4.39 Å². The van der Waals surface area contributed by atoms with Gasteiger partial charge in [-0.05, 0) is 75.9 Å². The van der Waals surface area contributed by atoms with Gasteiger partial charge in [0.05, 0.1) is 0 Å². The molecule has 4 nitrogen and oxygen atoms in total. The molecule has 2 heterocycles. The zero-order chi connectivity index (χ0) is 16.8. The Labute approximate surface area is 143 Å². The van der Waals surface area contributed by atoms with Crippen LogP contribution in [0.2, 0.25) is 0 Å². The quantitative estimate of drug-likeness (QED) is 0.801. The van der Waals surface area contributed by atoms with Crippen molar-refractivity contribution in [2.75, 3.05) is 32.8 Å². The van der Waals surface area contributed by atoms with Crippen LogP contribution in [0.1, 0.15) is 38.5 Å². The van der Waals surface area contributed by atoms with Crippen molar-refractivity contribution in [3.8, 4) is 5.75 Å². The van der Waals surface area contributed by atoms with E-state index in [0.717, 1.165) is 32.4 Å². The van der Waals surface area contributed by atoms with Crippen molar-refractivity contribution in [1.29, 1.82) is 0 Å². The third-order valence-corrected chi connectivity index (χ3v) is 5.10. The molecule has 1 aromatic carbocycles. The molecule has 2 aliphatic rings. The number of benzene rings is 1. The van der Waals surface area contributed by atoms with Gasteiger partial charge in [0, 0.05) is 19.1 Å². The molecule has 1 atom stereocenters. The second kappa shape index (κ2) is 8.47. The molecule has 0 saturated carbocycles. The summed E-state index contributed by atoms with van der Waals surface area (Å²) in [6, 6.07) is 6.15. The second-order valence-electron chi connectivity index (χ2n) is 6.82. The van der Waals surface area contributed by atoms with Crippen LogP contribution in [0.5, 0.6) is 5.75 Å². The molecule has 0 unspecified atom stereocenters. The number of piperidine rings is 1. The molecule has 0 bridgehead atoms. The molecular weight excluding hydrogens is 307 g/mol. The first-order valence-corrected chi connectivity index (χ1v) is 9.12. The number of likely N-dealkylation sites (tertiary alicyclic amines) is 2. The molecule has 5 heteroatoms. The molecule has 1 aromatic rings. The van der Waals surface area contributed by atoms with Gasteiger partial charge in [-0.2, -0.15) is 0 Å². The maximum absolute atomic E-state index is 12.9. The van der Waals surface area contributed by atoms with Crippen LogP contribution in [0, 0.1) is 5.82 Å². The number of rotatable bonds is 6. The molecular formula is C19H27FN2O2. The molecule has 2 saturated heterocycles. The first-order chi connectivity index (χ1) is 11.7. The molecule has 1 amide bonds. The van der Waals surface area contributed by atoms with Crippen LogP contribution >= 0.6 is 0 Å². The number of hydrogen-bond donors (Lipinski definition) is 0. The van der Waals surface area contributed by atoms with Crippen molar-refractivity contribution in [3.05, 3.63) is 30.1 Å². The predicted octanol–water partition coefficient (Wildman–Crippen LogP) is 3.07. The van der Waals surface area contributed by atoms with E-state index in [-0.39, 0.29) is 18.3 Å². The highest BCUT2D eigenvalue weighted by molar-refractivity contribution is 5.78. The highest BCUT2D eigenvalue weighted by Gasteiger charge is 2.27. The summed E-state index contributed by atoms with van der Waals surface area (Å²) in [6.45, 7) is 4.36. The van der Waals surface area contributed by atoms with Crippen molar-refractivity contribution >= 4 is 5.91 Å². The fourth-order valence-electron chi connectivity index (χ4n) is 3.73. The van der Waals surface area contributed by atoms with Gasteiger partial charge in [0.15, 0.2) is 6.61 Å². The first kappa shape index (κ1) is 17.2. The monoisotopic (exact) mass is 334 g/mol. The zero-order valence-electron chi connectivity index (χ0n) is 14.3. The molecule has 0 aliphatic carbocycles. The Hall–Kier alpha value is -1.62. The van der Waals surface area contributed by atoms with Crippen molar-refractivity contribution in [1.82, 2.24) is 9.80 Å². The van der Waals surface area contributed by atoms with Crippen LogP contribution in [-0.2, 0) is 4.79 Å². The van der Waals surface area contributed by atoms with E-state index in [1.807, 2.05) is 4.90 Å². The van der Waals surface area contributed by atoms with Crippen LogP contribution in [0.3, 0.4) is 0 Å². The van der Waals surface area contributed by atoms with Gasteiger partial charge >= 0.3 is 0 Å². The van der Waals surface area contributed by atoms with Crippen LogP contribution in [0.15, 0.2) is 24.3 Å². The highest BCUT2D eigenvalue weighted by atomic mass is 19.1. The summed E-state index contributed by atoms with van der Waals surface area (Å²) in [7, 11) is 0. The van der Waals surface area contributed by atoms with Crippen LogP contribution in [-0.4, -0.2) is 54.5 Å². The summed E-state index contributed by atoms with van der Waals surface area (Å²) < 4.78 is 18.4. The fourth-order valence-corrected chi connectivity index (χ4v) is 3.73. The average molecular weight is 334 g/mol. The summed E-state index contributed by atoms with van der Waals surface area (Å²) in [6.07, 6.45) is 7.03. The Morgan fingerprint density at radius 1 is 1.08 bits per heavy atom. The topological polar surface area (TPSA) is 32.8 Å². The molecule has 3 rings (SSSR count). The molecule has 2 fully saturated rings. The maximum Gasteiger partial charge on any atom is 0.260 e. The summed E-state index contributed by atoms with van der Waals surface area (Å²) in [5.41, 5.74) is 0. The molecule has 132 valence electrons. The lowest BCUT2D eigenvalue weighted by molar-refractivity contribution is -0.137. The Bertz CT molecular complexity index is 529. The van der Waals surface area contributed by atoms with Gasteiger partial charge in [-0.3, -0.25) is 4.79 Å². The number of halogens is 1. The van der Waals surface area contributed by atoms with Gasteiger partial charge < -0.3 is 14.5 Å². The minimum Gasteiger partial charge on any atom is -0.484 e. The summed E-state index contributed by atoms with van der Waals surface area (Å²) in [5, 5.41) is 0. The van der Waals surface area contributed by atoms with Gasteiger partial charge in [-0.15, -0.1) is 0 Å². The lowest BCUT2D eigenvalue weighted by atomic mass is 9.99. The number of amides is 1. The standard InChI is InChI=1S/C19H27FN2O2/c20-16-6-8-18(9-7-16)24-15-19(23)22-13-2-1-5-17(22)10-14-21-11-3-4-12-21/h6-9,17H,1-5,10-15H2/t17-/m1/s1. The van der Waals surface area contributed by atoms with E-state index in [1.54, 1.807) is 12.1 Å². The second-order valence-corrected chi connectivity index (χ2v) is 6.82. The summed E-state index contributed by atoms with van der Waals surface area (Å²) in [5.74, 6) is 0.285. The molecule has 2 aliphatic heterocycles. The van der Waals surface area contributed by atoms with Crippen LogP contribution < -0.4 is 4.74 Å². The van der Waals surface area contributed by atoms with E-state index in [0.29, 0.717) is 11.8 Å². The molecule has 0 aromatic heterocycles. The minimum absolute atomic E-state index is 0.0336. The number of carbonyl (C=O) groups excluding carboxylic acids is 1. The van der Waals surface area contributed by atoms with E-state index in [2.05, 4.69) is 4.90 Å². The normalized spacial score (nSPS) is 21.9. The van der Waals surface area contributed by atoms with Crippen molar-refractivity contribution in [3.63, 3.8) is 0 Å². The van der Waals surface area contributed by atoms with Crippen molar-refractivity contribution in [2.24, 2.45) is 0 Å². The smallest absolute Gasteiger partial charge is 0.260 e. The van der Waals surface area contributed by atoms with E-state index in [4.69, 9.17) is 4.74 Å². The number of carbonyl (C=O) groups is 1.